The van der Waals surface area contributed by atoms with Gasteiger partial charge in [-0.3, -0.25) is 4.79 Å². The fourth-order valence-corrected chi connectivity index (χ4v) is 0.843. The molecule has 0 fully saturated rings. The molecule has 0 atom stereocenters. The van der Waals surface area contributed by atoms with Gasteiger partial charge < -0.3 is 10.6 Å². The third kappa shape index (κ3) is 7.54. The molecular formula is C9H20N2O. The molecule has 0 heterocycles. The van der Waals surface area contributed by atoms with Crippen LogP contribution >= 0.6 is 0 Å². The van der Waals surface area contributed by atoms with Gasteiger partial charge in [0.1, 0.15) is 0 Å². The highest BCUT2D eigenvalue weighted by atomic mass is 16.1. The summed E-state index contributed by atoms with van der Waals surface area (Å²) in [5.41, 5.74) is 0. The molecule has 0 radical (unpaired) electrons. The summed E-state index contributed by atoms with van der Waals surface area (Å²) in [6.07, 6.45) is 1.75. The predicted octanol–water partition coefficient (Wildman–Crippen LogP) is 0.758. The molecule has 3 heteroatoms. The first-order valence-electron chi connectivity index (χ1n) is 4.58. The maximum absolute atomic E-state index is 10.8. The van der Waals surface area contributed by atoms with Crippen LogP contribution in [0.5, 0.6) is 0 Å². The molecule has 0 saturated carbocycles. The van der Waals surface area contributed by atoms with E-state index in [4.69, 9.17) is 0 Å². The summed E-state index contributed by atoms with van der Waals surface area (Å²) < 4.78 is 0. The second-order valence-corrected chi connectivity index (χ2v) is 3.36. The van der Waals surface area contributed by atoms with Gasteiger partial charge in [0.05, 0.1) is 0 Å². The van der Waals surface area contributed by atoms with E-state index in [-0.39, 0.29) is 5.91 Å². The molecule has 0 aliphatic heterocycles. The van der Waals surface area contributed by atoms with Crippen LogP contribution in [0.1, 0.15) is 26.7 Å². The smallest absolute Gasteiger partial charge is 0.221 e. The van der Waals surface area contributed by atoms with Gasteiger partial charge in [-0.1, -0.05) is 13.8 Å². The highest BCUT2D eigenvalue weighted by Gasteiger charge is 1.96. The number of rotatable bonds is 6. The largest absolute Gasteiger partial charge is 0.359 e. The molecule has 0 rings (SSSR count). The fraction of sp³-hybridized carbons (Fsp3) is 0.889. The Morgan fingerprint density at radius 3 is 2.50 bits per heavy atom. The molecule has 0 aliphatic carbocycles. The zero-order valence-electron chi connectivity index (χ0n) is 8.31. The van der Waals surface area contributed by atoms with E-state index in [9.17, 15) is 4.79 Å². The summed E-state index contributed by atoms with van der Waals surface area (Å²) in [5, 5.41) is 5.81. The summed E-state index contributed by atoms with van der Waals surface area (Å²) in [5.74, 6) is 0.838. The quantitative estimate of drug-likeness (QED) is 0.581. The molecular weight excluding hydrogens is 152 g/mol. The summed E-state index contributed by atoms with van der Waals surface area (Å²) in [7, 11) is 1.66. The lowest BCUT2D eigenvalue weighted by Crippen LogP contribution is -2.25. The summed E-state index contributed by atoms with van der Waals surface area (Å²) >= 11 is 0. The van der Waals surface area contributed by atoms with E-state index in [2.05, 4.69) is 24.5 Å². The van der Waals surface area contributed by atoms with Gasteiger partial charge in [-0.05, 0) is 18.9 Å². The van der Waals surface area contributed by atoms with Crippen molar-refractivity contribution < 1.29 is 4.79 Å². The molecule has 0 spiro atoms. The van der Waals surface area contributed by atoms with Crippen molar-refractivity contribution in [3.05, 3.63) is 0 Å². The molecule has 0 aromatic heterocycles. The maximum Gasteiger partial charge on any atom is 0.221 e. The molecule has 2 N–H and O–H groups in total. The van der Waals surface area contributed by atoms with Crippen LogP contribution in [-0.2, 0) is 4.79 Å². The Morgan fingerprint density at radius 2 is 2.00 bits per heavy atom. The summed E-state index contributed by atoms with van der Waals surface area (Å²) in [6.45, 7) is 6.18. The van der Waals surface area contributed by atoms with E-state index in [1.54, 1.807) is 7.05 Å². The van der Waals surface area contributed by atoms with E-state index in [0.29, 0.717) is 6.42 Å². The SMILES string of the molecule is CNC(=O)CCNCCC(C)C. The number of hydrogen-bond donors (Lipinski definition) is 2. The lowest BCUT2D eigenvalue weighted by Gasteiger charge is -2.05. The monoisotopic (exact) mass is 172 g/mol. The van der Waals surface area contributed by atoms with Gasteiger partial charge in [0.15, 0.2) is 0 Å². The molecule has 0 aromatic rings. The highest BCUT2D eigenvalue weighted by Crippen LogP contribution is 1.95. The van der Waals surface area contributed by atoms with Gasteiger partial charge in [0, 0.05) is 20.0 Å². The van der Waals surface area contributed by atoms with Crippen LogP contribution in [0, 0.1) is 5.92 Å². The fourth-order valence-electron chi connectivity index (χ4n) is 0.843. The van der Waals surface area contributed by atoms with Crippen molar-refractivity contribution in [1.82, 2.24) is 10.6 Å². The molecule has 0 bridgehead atoms. The normalized spacial score (nSPS) is 10.3. The topological polar surface area (TPSA) is 41.1 Å². The van der Waals surface area contributed by atoms with Crippen LogP contribution in [0.25, 0.3) is 0 Å². The van der Waals surface area contributed by atoms with Crippen LogP contribution in [0.4, 0.5) is 0 Å². The Labute approximate surface area is 74.9 Å². The Balaban J connectivity index is 3.05. The summed E-state index contributed by atoms with van der Waals surface area (Å²) in [4.78, 5) is 10.8. The zero-order valence-corrected chi connectivity index (χ0v) is 8.31. The molecule has 0 aromatic carbocycles. The van der Waals surface area contributed by atoms with Gasteiger partial charge in [-0.2, -0.15) is 0 Å². The molecule has 72 valence electrons. The van der Waals surface area contributed by atoms with E-state index in [1.807, 2.05) is 0 Å². The number of hydrogen-bond acceptors (Lipinski definition) is 2. The number of carbonyl (C=O) groups excluding carboxylic acids is 1. The molecule has 3 nitrogen and oxygen atoms in total. The molecule has 1 amide bonds. The first kappa shape index (κ1) is 11.4. The standard InChI is InChI=1S/C9H20N2O/c1-8(2)4-6-11-7-5-9(12)10-3/h8,11H,4-7H2,1-3H3,(H,10,12). The second-order valence-electron chi connectivity index (χ2n) is 3.36. The van der Waals surface area contributed by atoms with E-state index < -0.39 is 0 Å². The number of carbonyl (C=O) groups is 1. The lowest BCUT2D eigenvalue weighted by molar-refractivity contribution is -0.120. The van der Waals surface area contributed by atoms with E-state index in [0.717, 1.165) is 19.0 Å². The van der Waals surface area contributed by atoms with Gasteiger partial charge in [0.2, 0.25) is 5.91 Å². The third-order valence-corrected chi connectivity index (χ3v) is 1.71. The average molecular weight is 172 g/mol. The van der Waals surface area contributed by atoms with Crippen molar-refractivity contribution in [2.24, 2.45) is 5.92 Å². The molecule has 0 saturated heterocycles. The number of nitrogens with one attached hydrogen (secondary N) is 2. The van der Waals surface area contributed by atoms with Crippen LogP contribution in [0.3, 0.4) is 0 Å². The molecule has 12 heavy (non-hydrogen) atoms. The Kier molecular flexibility index (Phi) is 6.76. The minimum atomic E-state index is 0.104. The van der Waals surface area contributed by atoms with Gasteiger partial charge in [-0.15, -0.1) is 0 Å². The highest BCUT2D eigenvalue weighted by molar-refractivity contribution is 5.75. The van der Waals surface area contributed by atoms with Crippen LogP contribution < -0.4 is 10.6 Å². The van der Waals surface area contributed by atoms with Crippen molar-refractivity contribution in [2.75, 3.05) is 20.1 Å². The second kappa shape index (κ2) is 7.10. The van der Waals surface area contributed by atoms with Gasteiger partial charge in [-0.25, -0.2) is 0 Å². The average Bonchev–Trinajstić information content (AvgIpc) is 2.03. The predicted molar refractivity (Wildman–Crippen MR) is 51.0 cm³/mol. The third-order valence-electron chi connectivity index (χ3n) is 1.71. The minimum Gasteiger partial charge on any atom is -0.359 e. The van der Waals surface area contributed by atoms with Crippen molar-refractivity contribution in [2.45, 2.75) is 26.7 Å². The van der Waals surface area contributed by atoms with Crippen LogP contribution in [0.15, 0.2) is 0 Å². The van der Waals surface area contributed by atoms with Crippen molar-refractivity contribution >= 4 is 5.91 Å². The van der Waals surface area contributed by atoms with Crippen molar-refractivity contribution in [3.8, 4) is 0 Å². The van der Waals surface area contributed by atoms with Gasteiger partial charge in [0.25, 0.3) is 0 Å². The lowest BCUT2D eigenvalue weighted by atomic mass is 10.1. The Hall–Kier alpha value is -0.570. The Bertz CT molecular complexity index is 124. The maximum atomic E-state index is 10.8. The first-order valence-corrected chi connectivity index (χ1v) is 4.58. The van der Waals surface area contributed by atoms with Crippen LogP contribution in [0.2, 0.25) is 0 Å². The van der Waals surface area contributed by atoms with Crippen molar-refractivity contribution in [3.63, 3.8) is 0 Å². The molecule has 0 unspecified atom stereocenters. The summed E-state index contributed by atoms with van der Waals surface area (Å²) in [6, 6.07) is 0. The van der Waals surface area contributed by atoms with E-state index in [1.165, 1.54) is 6.42 Å². The van der Waals surface area contributed by atoms with E-state index >= 15 is 0 Å². The number of amides is 1. The van der Waals surface area contributed by atoms with Crippen LogP contribution in [-0.4, -0.2) is 26.0 Å². The zero-order chi connectivity index (χ0) is 9.40. The minimum absolute atomic E-state index is 0.104. The Morgan fingerprint density at radius 1 is 1.33 bits per heavy atom. The van der Waals surface area contributed by atoms with Crippen molar-refractivity contribution in [1.29, 1.82) is 0 Å². The van der Waals surface area contributed by atoms with Gasteiger partial charge >= 0.3 is 0 Å². The molecule has 0 aliphatic rings. The first-order chi connectivity index (χ1) is 5.66.